The fourth-order valence-electron chi connectivity index (χ4n) is 2.54. The monoisotopic (exact) mass is 297 g/mol. The molecule has 0 saturated carbocycles. The van der Waals surface area contributed by atoms with Gasteiger partial charge in [0.25, 0.3) is 0 Å². The van der Waals surface area contributed by atoms with Gasteiger partial charge >= 0.3 is 0 Å². The van der Waals surface area contributed by atoms with Crippen LogP contribution < -0.4 is 4.90 Å². The van der Waals surface area contributed by atoms with Crippen LogP contribution in [0.2, 0.25) is 5.02 Å². The van der Waals surface area contributed by atoms with Crippen molar-refractivity contribution < 1.29 is 5.11 Å². The van der Waals surface area contributed by atoms with E-state index in [9.17, 15) is 5.11 Å². The largest absolute Gasteiger partial charge is 0.392 e. The summed E-state index contributed by atoms with van der Waals surface area (Å²) >= 11 is 5.99. The molecule has 4 nitrogen and oxygen atoms in total. The van der Waals surface area contributed by atoms with E-state index < -0.39 is 0 Å². The molecule has 2 rings (SSSR count). The Hall–Kier alpha value is -0.810. The Morgan fingerprint density at radius 2 is 1.90 bits per heavy atom. The van der Waals surface area contributed by atoms with Crippen LogP contribution in [-0.2, 0) is 6.61 Å². The van der Waals surface area contributed by atoms with Crippen molar-refractivity contribution in [3.05, 3.63) is 28.8 Å². The highest BCUT2D eigenvalue weighted by molar-refractivity contribution is 6.30. The number of anilines is 1. The standard InChI is InChI=1S/C15H24ClN3O/c1-17(2)5-6-18-7-9-19(10-8-18)15-4-3-14(16)11-13(15)12-20/h3-4,11,20H,5-10,12H2,1-2H3. The number of aliphatic hydroxyl groups excluding tert-OH is 1. The van der Waals surface area contributed by atoms with Crippen LogP contribution in [0, 0.1) is 0 Å². The minimum Gasteiger partial charge on any atom is -0.392 e. The van der Waals surface area contributed by atoms with Gasteiger partial charge in [0.15, 0.2) is 0 Å². The molecular formula is C15H24ClN3O. The lowest BCUT2D eigenvalue weighted by atomic mass is 10.1. The Balaban J connectivity index is 1.93. The Labute approximate surface area is 126 Å². The van der Waals surface area contributed by atoms with Gasteiger partial charge in [0, 0.05) is 55.5 Å². The molecular weight excluding hydrogens is 274 g/mol. The first-order valence-corrected chi connectivity index (χ1v) is 7.49. The van der Waals surface area contributed by atoms with Crippen LogP contribution in [0.15, 0.2) is 18.2 Å². The van der Waals surface area contributed by atoms with Crippen molar-refractivity contribution in [2.24, 2.45) is 0 Å². The van der Waals surface area contributed by atoms with E-state index in [-0.39, 0.29) is 6.61 Å². The van der Waals surface area contributed by atoms with Crippen molar-refractivity contribution >= 4 is 17.3 Å². The van der Waals surface area contributed by atoms with E-state index in [1.54, 1.807) is 0 Å². The predicted octanol–water partition coefficient (Wildman–Crippen LogP) is 1.52. The van der Waals surface area contributed by atoms with Crippen LogP contribution in [0.4, 0.5) is 5.69 Å². The van der Waals surface area contributed by atoms with E-state index >= 15 is 0 Å². The van der Waals surface area contributed by atoms with E-state index in [1.165, 1.54) is 0 Å². The summed E-state index contributed by atoms with van der Waals surface area (Å²) in [5.74, 6) is 0. The molecule has 1 aromatic rings. The summed E-state index contributed by atoms with van der Waals surface area (Å²) in [6.07, 6.45) is 0. The normalized spacial score (nSPS) is 16.9. The second kappa shape index (κ2) is 7.27. The van der Waals surface area contributed by atoms with Crippen molar-refractivity contribution in [1.29, 1.82) is 0 Å². The Morgan fingerprint density at radius 1 is 1.20 bits per heavy atom. The van der Waals surface area contributed by atoms with Crippen molar-refractivity contribution in [2.75, 3.05) is 58.3 Å². The molecule has 0 aliphatic carbocycles. The molecule has 0 atom stereocenters. The first-order chi connectivity index (χ1) is 9.60. The maximum absolute atomic E-state index is 9.47. The SMILES string of the molecule is CN(C)CCN1CCN(c2ccc(Cl)cc2CO)CC1. The second-order valence-corrected chi connectivity index (χ2v) is 6.00. The molecule has 5 heteroatoms. The van der Waals surface area contributed by atoms with E-state index in [4.69, 9.17) is 11.6 Å². The summed E-state index contributed by atoms with van der Waals surface area (Å²) in [7, 11) is 4.22. The number of aliphatic hydroxyl groups is 1. The average Bonchev–Trinajstić information content (AvgIpc) is 2.45. The first-order valence-electron chi connectivity index (χ1n) is 7.11. The van der Waals surface area contributed by atoms with Crippen molar-refractivity contribution in [3.63, 3.8) is 0 Å². The quantitative estimate of drug-likeness (QED) is 0.892. The molecule has 0 radical (unpaired) electrons. The predicted molar refractivity (Wildman–Crippen MR) is 84.6 cm³/mol. The van der Waals surface area contributed by atoms with E-state index in [2.05, 4.69) is 28.8 Å². The number of nitrogens with zero attached hydrogens (tertiary/aromatic N) is 3. The summed E-state index contributed by atoms with van der Waals surface area (Å²) in [4.78, 5) is 7.05. The Morgan fingerprint density at radius 3 is 2.50 bits per heavy atom. The number of piperazine rings is 1. The third-order valence-electron chi connectivity index (χ3n) is 3.79. The van der Waals surface area contributed by atoms with Gasteiger partial charge in [-0.05, 0) is 32.3 Å². The van der Waals surface area contributed by atoms with Gasteiger partial charge in [-0.25, -0.2) is 0 Å². The van der Waals surface area contributed by atoms with Gasteiger partial charge in [-0.3, -0.25) is 4.90 Å². The van der Waals surface area contributed by atoms with Crippen LogP contribution in [0.25, 0.3) is 0 Å². The molecule has 1 N–H and O–H groups in total. The lowest BCUT2D eigenvalue weighted by Gasteiger charge is -2.37. The first kappa shape index (κ1) is 15.6. The second-order valence-electron chi connectivity index (χ2n) is 5.56. The third-order valence-corrected chi connectivity index (χ3v) is 4.02. The maximum Gasteiger partial charge on any atom is 0.0702 e. The van der Waals surface area contributed by atoms with Crippen LogP contribution in [-0.4, -0.2) is 68.3 Å². The molecule has 1 saturated heterocycles. The molecule has 1 fully saturated rings. The van der Waals surface area contributed by atoms with Gasteiger partial charge in [0.05, 0.1) is 6.61 Å². The number of hydrogen-bond acceptors (Lipinski definition) is 4. The van der Waals surface area contributed by atoms with E-state index in [1.807, 2.05) is 18.2 Å². The summed E-state index contributed by atoms with van der Waals surface area (Å²) in [5, 5.41) is 10.2. The number of rotatable bonds is 5. The van der Waals surface area contributed by atoms with Crippen LogP contribution in [0.3, 0.4) is 0 Å². The summed E-state index contributed by atoms with van der Waals surface area (Å²) in [6, 6.07) is 5.77. The molecule has 1 heterocycles. The zero-order valence-corrected chi connectivity index (χ0v) is 13.1. The lowest BCUT2D eigenvalue weighted by Crippen LogP contribution is -2.48. The molecule has 0 aromatic heterocycles. The molecule has 112 valence electrons. The van der Waals surface area contributed by atoms with E-state index in [0.717, 1.165) is 50.5 Å². The number of hydrogen-bond donors (Lipinski definition) is 1. The van der Waals surface area contributed by atoms with Crippen molar-refractivity contribution in [3.8, 4) is 0 Å². The van der Waals surface area contributed by atoms with Gasteiger partial charge in [-0.1, -0.05) is 11.6 Å². The Bertz CT molecular complexity index is 431. The molecule has 0 amide bonds. The van der Waals surface area contributed by atoms with Gasteiger partial charge < -0.3 is 14.9 Å². The summed E-state index contributed by atoms with van der Waals surface area (Å²) in [6.45, 7) is 6.40. The van der Waals surface area contributed by atoms with Gasteiger partial charge in [0.1, 0.15) is 0 Å². The Kier molecular flexibility index (Phi) is 5.66. The molecule has 1 aromatic carbocycles. The fraction of sp³-hybridized carbons (Fsp3) is 0.600. The fourth-order valence-corrected chi connectivity index (χ4v) is 2.74. The zero-order valence-electron chi connectivity index (χ0n) is 12.3. The minimum absolute atomic E-state index is 0.0384. The van der Waals surface area contributed by atoms with Crippen LogP contribution in [0.5, 0.6) is 0 Å². The van der Waals surface area contributed by atoms with Crippen LogP contribution in [0.1, 0.15) is 5.56 Å². The van der Waals surface area contributed by atoms with Gasteiger partial charge in [0.2, 0.25) is 0 Å². The molecule has 0 spiro atoms. The van der Waals surface area contributed by atoms with Gasteiger partial charge in [-0.15, -0.1) is 0 Å². The lowest BCUT2D eigenvalue weighted by molar-refractivity contribution is 0.229. The highest BCUT2D eigenvalue weighted by atomic mass is 35.5. The summed E-state index contributed by atoms with van der Waals surface area (Å²) < 4.78 is 0. The third kappa shape index (κ3) is 4.09. The molecule has 1 aliphatic rings. The minimum atomic E-state index is 0.0384. The van der Waals surface area contributed by atoms with Gasteiger partial charge in [-0.2, -0.15) is 0 Å². The number of halogens is 1. The zero-order chi connectivity index (χ0) is 14.5. The molecule has 20 heavy (non-hydrogen) atoms. The summed E-state index contributed by atoms with van der Waals surface area (Å²) in [5.41, 5.74) is 2.03. The number of benzene rings is 1. The topological polar surface area (TPSA) is 30.0 Å². The van der Waals surface area contributed by atoms with E-state index in [0.29, 0.717) is 5.02 Å². The average molecular weight is 298 g/mol. The molecule has 0 bridgehead atoms. The molecule has 1 aliphatic heterocycles. The number of likely N-dealkylation sites (N-methyl/N-ethyl adjacent to an activating group) is 1. The maximum atomic E-state index is 9.47. The highest BCUT2D eigenvalue weighted by Gasteiger charge is 2.19. The highest BCUT2D eigenvalue weighted by Crippen LogP contribution is 2.25. The molecule has 0 unspecified atom stereocenters. The van der Waals surface area contributed by atoms with Crippen LogP contribution >= 0.6 is 11.6 Å². The van der Waals surface area contributed by atoms with Crippen molar-refractivity contribution in [2.45, 2.75) is 6.61 Å². The van der Waals surface area contributed by atoms with Crippen molar-refractivity contribution in [1.82, 2.24) is 9.80 Å². The smallest absolute Gasteiger partial charge is 0.0702 e.